The van der Waals surface area contributed by atoms with Crippen molar-refractivity contribution >= 4 is 42.4 Å². The summed E-state index contributed by atoms with van der Waals surface area (Å²) in [7, 11) is -0.320. The molecule has 0 aliphatic heterocycles. The zero-order valence-corrected chi connectivity index (χ0v) is 20.7. The predicted molar refractivity (Wildman–Crippen MR) is 134 cm³/mol. The molecule has 0 unspecified atom stereocenters. The molecule has 7 nitrogen and oxygen atoms in total. The van der Waals surface area contributed by atoms with Gasteiger partial charge in [-0.15, -0.1) is 0 Å². The van der Waals surface area contributed by atoms with Gasteiger partial charge in [0.1, 0.15) is 21.7 Å². The van der Waals surface area contributed by atoms with Crippen LogP contribution in [0.25, 0.3) is 10.2 Å². The number of amides is 1. The highest BCUT2D eigenvalue weighted by Gasteiger charge is 2.25. The van der Waals surface area contributed by atoms with Crippen molar-refractivity contribution in [3.05, 3.63) is 77.9 Å². The van der Waals surface area contributed by atoms with Gasteiger partial charge in [0.05, 0.1) is 31.4 Å². The van der Waals surface area contributed by atoms with E-state index in [0.29, 0.717) is 22.1 Å². The summed E-state index contributed by atoms with van der Waals surface area (Å²) in [5.74, 6) is 0.800. The third kappa shape index (κ3) is 4.62. The van der Waals surface area contributed by atoms with Crippen LogP contribution < -0.4 is 14.4 Å². The van der Waals surface area contributed by atoms with Crippen LogP contribution in [0.3, 0.4) is 0 Å². The number of carbonyl (C=O) groups is 1. The fourth-order valence-corrected chi connectivity index (χ4v) is 5.52. The second-order valence-electron chi connectivity index (χ2n) is 7.45. The Morgan fingerprint density at radius 2 is 1.68 bits per heavy atom. The maximum atomic E-state index is 13.7. The third-order valence-corrected chi connectivity index (χ3v) is 8.20. The van der Waals surface area contributed by atoms with Crippen molar-refractivity contribution in [1.29, 1.82) is 0 Å². The van der Waals surface area contributed by atoms with E-state index in [0.717, 1.165) is 10.3 Å². The van der Waals surface area contributed by atoms with Crippen molar-refractivity contribution in [3.8, 4) is 11.5 Å². The summed E-state index contributed by atoms with van der Waals surface area (Å²) >= 11 is 1.31. The van der Waals surface area contributed by atoms with Gasteiger partial charge in [0.15, 0.2) is 15.0 Å². The Kier molecular flexibility index (Phi) is 6.85. The van der Waals surface area contributed by atoms with Gasteiger partial charge in [-0.25, -0.2) is 13.4 Å². The van der Waals surface area contributed by atoms with Crippen molar-refractivity contribution in [2.75, 3.05) is 24.9 Å². The van der Waals surface area contributed by atoms with E-state index < -0.39 is 9.84 Å². The summed E-state index contributed by atoms with van der Waals surface area (Å²) < 4.78 is 36.5. The first-order valence-corrected chi connectivity index (χ1v) is 13.0. The van der Waals surface area contributed by atoms with Crippen LogP contribution in [-0.4, -0.2) is 39.3 Å². The molecule has 3 aromatic carbocycles. The first kappa shape index (κ1) is 23.7. The van der Waals surface area contributed by atoms with Gasteiger partial charge in [-0.3, -0.25) is 9.69 Å². The van der Waals surface area contributed by atoms with Crippen molar-refractivity contribution in [2.24, 2.45) is 0 Å². The van der Waals surface area contributed by atoms with Gasteiger partial charge in [-0.2, -0.15) is 0 Å². The fraction of sp³-hybridized carbons (Fsp3) is 0.200. The van der Waals surface area contributed by atoms with Crippen molar-refractivity contribution in [3.63, 3.8) is 0 Å². The summed E-state index contributed by atoms with van der Waals surface area (Å²) in [6.07, 6.45) is 0. The van der Waals surface area contributed by atoms with Crippen LogP contribution in [0.4, 0.5) is 5.13 Å². The molecule has 1 amide bonds. The minimum atomic E-state index is -3.46. The number of ether oxygens (including phenoxy) is 2. The molecule has 0 saturated heterocycles. The molecule has 9 heteroatoms. The number of nitrogens with zero attached hydrogens (tertiary/aromatic N) is 2. The van der Waals surface area contributed by atoms with Crippen molar-refractivity contribution in [2.45, 2.75) is 18.4 Å². The van der Waals surface area contributed by atoms with E-state index in [1.165, 1.54) is 23.5 Å². The highest BCUT2D eigenvalue weighted by Crippen LogP contribution is 2.40. The smallest absolute Gasteiger partial charge is 0.260 e. The number of hydrogen-bond acceptors (Lipinski definition) is 7. The van der Waals surface area contributed by atoms with E-state index in [9.17, 15) is 13.2 Å². The average molecular weight is 497 g/mol. The zero-order chi connectivity index (χ0) is 24.3. The number of thiazole rings is 1. The Bertz CT molecular complexity index is 1390. The number of sulfone groups is 1. The number of carbonyl (C=O) groups excluding carboxylic acids is 1. The predicted octanol–water partition coefficient (Wildman–Crippen LogP) is 4.95. The van der Waals surface area contributed by atoms with Gasteiger partial charge in [-0.05, 0) is 35.9 Å². The lowest BCUT2D eigenvalue weighted by molar-refractivity contribution is 0.0985. The summed E-state index contributed by atoms with van der Waals surface area (Å²) in [5.41, 5.74) is 1.77. The first-order chi connectivity index (χ1) is 16.4. The van der Waals surface area contributed by atoms with Gasteiger partial charge < -0.3 is 9.47 Å². The summed E-state index contributed by atoms with van der Waals surface area (Å²) in [4.78, 5) is 20.1. The summed E-state index contributed by atoms with van der Waals surface area (Å²) in [5, 5.41) is 0.454. The van der Waals surface area contributed by atoms with Crippen LogP contribution in [0.2, 0.25) is 0 Å². The maximum Gasteiger partial charge on any atom is 0.260 e. The normalized spacial score (nSPS) is 11.4. The lowest BCUT2D eigenvalue weighted by Gasteiger charge is -2.20. The number of rotatable bonds is 8. The quantitative estimate of drug-likeness (QED) is 0.343. The fourth-order valence-electron chi connectivity index (χ4n) is 3.53. The van der Waals surface area contributed by atoms with Crippen LogP contribution in [0.1, 0.15) is 22.8 Å². The monoisotopic (exact) mass is 496 g/mol. The van der Waals surface area contributed by atoms with Gasteiger partial charge in [-0.1, -0.05) is 54.7 Å². The lowest BCUT2D eigenvalue weighted by Crippen LogP contribution is -2.30. The topological polar surface area (TPSA) is 85.8 Å². The molecule has 4 rings (SSSR count). The molecule has 1 aromatic heterocycles. The number of methoxy groups -OCH3 is 2. The zero-order valence-electron chi connectivity index (χ0n) is 19.0. The van der Waals surface area contributed by atoms with Crippen LogP contribution >= 0.6 is 11.3 Å². The third-order valence-electron chi connectivity index (χ3n) is 5.38. The second kappa shape index (κ2) is 9.82. The molecular weight excluding hydrogens is 472 g/mol. The Balaban J connectivity index is 1.84. The van der Waals surface area contributed by atoms with Crippen molar-refractivity contribution in [1.82, 2.24) is 4.98 Å². The van der Waals surface area contributed by atoms with Crippen LogP contribution in [-0.2, 0) is 16.4 Å². The van der Waals surface area contributed by atoms with Gasteiger partial charge in [0, 0.05) is 5.56 Å². The molecule has 0 atom stereocenters. The molecule has 1 heterocycles. The first-order valence-electron chi connectivity index (χ1n) is 10.6. The molecular formula is C25H24N2O5S2. The molecule has 0 N–H and O–H groups in total. The molecule has 0 aliphatic rings. The molecule has 176 valence electrons. The van der Waals surface area contributed by atoms with Gasteiger partial charge in [0.2, 0.25) is 0 Å². The maximum absolute atomic E-state index is 13.7. The van der Waals surface area contributed by atoms with E-state index in [4.69, 9.17) is 14.5 Å². The van der Waals surface area contributed by atoms with Crippen molar-refractivity contribution < 1.29 is 22.7 Å². The Labute approximate surface area is 202 Å². The molecule has 0 fully saturated rings. The number of benzene rings is 3. The Hall–Kier alpha value is -3.43. The number of anilines is 1. The van der Waals surface area contributed by atoms with Crippen LogP contribution in [0, 0.1) is 0 Å². The van der Waals surface area contributed by atoms with E-state index in [1.807, 2.05) is 30.3 Å². The minimum Gasteiger partial charge on any atom is -0.495 e. The van der Waals surface area contributed by atoms with E-state index in [2.05, 4.69) is 0 Å². The molecule has 0 spiro atoms. The van der Waals surface area contributed by atoms with Crippen LogP contribution in [0.5, 0.6) is 11.5 Å². The molecule has 4 aromatic rings. The second-order valence-corrected chi connectivity index (χ2v) is 10.7. The van der Waals surface area contributed by atoms with Gasteiger partial charge >= 0.3 is 0 Å². The largest absolute Gasteiger partial charge is 0.495 e. The van der Waals surface area contributed by atoms with Crippen LogP contribution in [0.15, 0.2) is 71.6 Å². The Morgan fingerprint density at radius 3 is 2.35 bits per heavy atom. The summed E-state index contributed by atoms with van der Waals surface area (Å²) in [6.45, 7) is 1.84. The molecule has 0 bridgehead atoms. The number of aromatic nitrogens is 1. The van der Waals surface area contributed by atoms with E-state index in [-0.39, 0.29) is 28.7 Å². The summed E-state index contributed by atoms with van der Waals surface area (Å²) in [6, 6.07) is 19.2. The number of fused-ring (bicyclic) bond motifs is 1. The number of hydrogen-bond donors (Lipinski definition) is 0. The lowest BCUT2D eigenvalue weighted by atomic mass is 10.1. The van der Waals surface area contributed by atoms with E-state index in [1.54, 1.807) is 50.3 Å². The van der Waals surface area contributed by atoms with Gasteiger partial charge in [0.25, 0.3) is 5.91 Å². The highest BCUT2D eigenvalue weighted by molar-refractivity contribution is 7.91. The minimum absolute atomic E-state index is 0.0458. The van der Waals surface area contributed by atoms with E-state index >= 15 is 0 Å². The standard InChI is InChI=1S/C25H24N2O5S2/c1-4-34(29,30)19-12-8-11-18(15-19)24(28)27(16-17-9-6-5-7-10-17)25-26-22-20(31-2)13-14-21(32-3)23(22)33-25/h5-15H,4,16H2,1-3H3. The highest BCUT2D eigenvalue weighted by atomic mass is 32.2. The average Bonchev–Trinajstić information content (AvgIpc) is 3.32. The SMILES string of the molecule is CCS(=O)(=O)c1cccc(C(=O)N(Cc2ccccc2)c2nc3c(OC)ccc(OC)c3s2)c1. The Morgan fingerprint density at radius 1 is 0.971 bits per heavy atom. The molecule has 0 saturated carbocycles. The molecule has 0 radical (unpaired) electrons. The molecule has 34 heavy (non-hydrogen) atoms. The molecule has 0 aliphatic carbocycles.